The smallest absolute Gasteiger partial charge is 0.331 e. The van der Waals surface area contributed by atoms with Gasteiger partial charge in [0.1, 0.15) is 5.75 Å². The molecule has 0 saturated carbocycles. The van der Waals surface area contributed by atoms with Crippen LogP contribution in [0.3, 0.4) is 0 Å². The molecule has 186 valence electrons. The number of para-hydroxylation sites is 1. The van der Waals surface area contributed by atoms with Gasteiger partial charge >= 0.3 is 5.97 Å². The lowest BCUT2D eigenvalue weighted by atomic mass is 10.1. The molecule has 0 radical (unpaired) electrons. The second-order valence-electron chi connectivity index (χ2n) is 8.00. The fourth-order valence-corrected chi connectivity index (χ4v) is 3.71. The minimum atomic E-state index is -0.658. The van der Waals surface area contributed by atoms with Crippen LogP contribution < -0.4 is 19.5 Å². The van der Waals surface area contributed by atoms with Crippen LogP contribution in [0.2, 0.25) is 0 Å². The Morgan fingerprint density at radius 1 is 1.03 bits per heavy atom. The molecule has 1 amide bonds. The molecule has 37 heavy (non-hydrogen) atoms. The summed E-state index contributed by atoms with van der Waals surface area (Å²) in [4.78, 5) is 24.6. The number of methoxy groups -OCH3 is 1. The van der Waals surface area contributed by atoms with Gasteiger partial charge in [0.15, 0.2) is 18.1 Å². The van der Waals surface area contributed by atoms with Gasteiger partial charge in [0.2, 0.25) is 6.79 Å². The standard InChI is InChI=1S/C28H23N3O6/c1-34-23-11-7-19(8-12-23)28-20(16-31(30-28)22-5-3-2-4-6-22)9-14-27(33)35-17-26(32)29-21-10-13-24-25(15-21)37-18-36-24/h2-16H,17-18H2,1H3,(H,29,32). The summed E-state index contributed by atoms with van der Waals surface area (Å²) >= 11 is 0. The van der Waals surface area contributed by atoms with Gasteiger partial charge < -0.3 is 24.3 Å². The molecular weight excluding hydrogens is 474 g/mol. The van der Waals surface area contributed by atoms with E-state index < -0.39 is 18.5 Å². The Morgan fingerprint density at radius 2 is 1.81 bits per heavy atom. The van der Waals surface area contributed by atoms with Crippen molar-refractivity contribution in [2.24, 2.45) is 0 Å². The summed E-state index contributed by atoms with van der Waals surface area (Å²) in [6.45, 7) is -0.298. The monoisotopic (exact) mass is 497 g/mol. The van der Waals surface area contributed by atoms with Crippen molar-refractivity contribution >= 4 is 23.6 Å². The minimum absolute atomic E-state index is 0.140. The fraction of sp³-hybridized carbons (Fsp3) is 0.107. The van der Waals surface area contributed by atoms with Crippen molar-refractivity contribution < 1.29 is 28.5 Å². The van der Waals surface area contributed by atoms with Gasteiger partial charge in [-0.25, -0.2) is 9.48 Å². The molecule has 3 aromatic carbocycles. The van der Waals surface area contributed by atoms with Gasteiger partial charge in [-0.1, -0.05) is 18.2 Å². The van der Waals surface area contributed by atoms with Crippen LogP contribution in [0.5, 0.6) is 17.2 Å². The maximum Gasteiger partial charge on any atom is 0.331 e. The molecule has 0 spiro atoms. The molecule has 1 N–H and O–H groups in total. The summed E-state index contributed by atoms with van der Waals surface area (Å²) in [5, 5.41) is 7.38. The second-order valence-corrected chi connectivity index (χ2v) is 8.00. The van der Waals surface area contributed by atoms with Crippen molar-refractivity contribution in [3.05, 3.63) is 90.6 Å². The third-order valence-electron chi connectivity index (χ3n) is 5.53. The van der Waals surface area contributed by atoms with E-state index in [1.807, 2.05) is 60.8 Å². The number of hydrogen-bond acceptors (Lipinski definition) is 7. The van der Waals surface area contributed by atoms with Crippen LogP contribution in [0.25, 0.3) is 23.0 Å². The number of anilines is 1. The summed E-state index contributed by atoms with van der Waals surface area (Å²) in [6.07, 6.45) is 4.71. The van der Waals surface area contributed by atoms with Gasteiger partial charge in [-0.3, -0.25) is 4.79 Å². The fourth-order valence-electron chi connectivity index (χ4n) is 3.71. The Morgan fingerprint density at radius 3 is 2.59 bits per heavy atom. The number of amides is 1. The SMILES string of the molecule is COc1ccc(-c2nn(-c3ccccc3)cc2C=CC(=O)OCC(=O)Nc2ccc3c(c2)OCO3)cc1. The van der Waals surface area contributed by atoms with Crippen LogP contribution in [-0.4, -0.2) is 42.2 Å². The van der Waals surface area contributed by atoms with Crippen molar-refractivity contribution in [3.8, 4) is 34.2 Å². The normalized spacial score (nSPS) is 11.9. The summed E-state index contributed by atoms with van der Waals surface area (Å²) in [5.74, 6) is 0.747. The van der Waals surface area contributed by atoms with Gasteiger partial charge in [0.25, 0.3) is 5.91 Å². The zero-order valence-electron chi connectivity index (χ0n) is 19.9. The highest BCUT2D eigenvalue weighted by molar-refractivity contribution is 5.95. The third kappa shape index (κ3) is 5.62. The van der Waals surface area contributed by atoms with E-state index in [0.29, 0.717) is 28.4 Å². The number of benzene rings is 3. The number of hydrogen-bond donors (Lipinski definition) is 1. The lowest BCUT2D eigenvalue weighted by Crippen LogP contribution is -2.20. The number of esters is 1. The van der Waals surface area contributed by atoms with Gasteiger partial charge in [0.05, 0.1) is 18.5 Å². The van der Waals surface area contributed by atoms with Gasteiger partial charge in [-0.05, 0) is 54.6 Å². The number of carbonyl (C=O) groups is 2. The lowest BCUT2D eigenvalue weighted by molar-refractivity contribution is -0.142. The summed E-state index contributed by atoms with van der Waals surface area (Å²) in [5.41, 5.74) is 3.62. The van der Waals surface area contributed by atoms with E-state index in [2.05, 4.69) is 5.32 Å². The van der Waals surface area contributed by atoms with Gasteiger partial charge in [0, 0.05) is 35.2 Å². The molecule has 2 heterocycles. The van der Waals surface area contributed by atoms with Crippen LogP contribution in [0.4, 0.5) is 5.69 Å². The molecule has 0 aliphatic carbocycles. The van der Waals surface area contributed by atoms with Crippen LogP contribution in [-0.2, 0) is 14.3 Å². The van der Waals surface area contributed by atoms with Crippen LogP contribution in [0, 0.1) is 0 Å². The number of carbonyl (C=O) groups excluding carboxylic acids is 2. The number of nitrogens with one attached hydrogen (secondary N) is 1. The largest absolute Gasteiger partial charge is 0.497 e. The summed E-state index contributed by atoms with van der Waals surface area (Å²) in [6, 6.07) is 22.1. The maximum atomic E-state index is 12.4. The molecule has 1 aromatic heterocycles. The Labute approximate surface area is 212 Å². The van der Waals surface area contributed by atoms with E-state index in [4.69, 9.17) is 24.0 Å². The van der Waals surface area contributed by atoms with Gasteiger partial charge in [-0.2, -0.15) is 5.10 Å². The molecule has 0 unspecified atom stereocenters. The topological polar surface area (TPSA) is 101 Å². The molecule has 9 nitrogen and oxygen atoms in total. The zero-order valence-corrected chi connectivity index (χ0v) is 19.9. The number of fused-ring (bicyclic) bond motifs is 1. The van der Waals surface area contributed by atoms with Crippen molar-refractivity contribution in [1.82, 2.24) is 9.78 Å². The van der Waals surface area contributed by atoms with Crippen molar-refractivity contribution in [1.29, 1.82) is 0 Å². The average molecular weight is 498 g/mol. The predicted octanol–water partition coefficient (Wildman–Crippen LogP) is 4.47. The Kier molecular flexibility index (Phi) is 6.84. The molecule has 0 atom stereocenters. The number of nitrogens with zero attached hydrogens (tertiary/aromatic N) is 2. The summed E-state index contributed by atoms with van der Waals surface area (Å²) in [7, 11) is 1.61. The number of aromatic nitrogens is 2. The Hall–Kier alpha value is -5.05. The first-order valence-electron chi connectivity index (χ1n) is 11.4. The van der Waals surface area contributed by atoms with Crippen molar-refractivity contribution in [3.63, 3.8) is 0 Å². The molecular formula is C28H23N3O6. The summed E-state index contributed by atoms with van der Waals surface area (Å²) < 4.78 is 22.7. The average Bonchev–Trinajstić information content (AvgIpc) is 3.58. The van der Waals surface area contributed by atoms with Crippen LogP contribution >= 0.6 is 0 Å². The molecule has 0 bridgehead atoms. The zero-order chi connectivity index (χ0) is 25.6. The van der Waals surface area contributed by atoms with Crippen LogP contribution in [0.1, 0.15) is 5.56 Å². The van der Waals surface area contributed by atoms with E-state index in [9.17, 15) is 9.59 Å². The van der Waals surface area contributed by atoms with E-state index >= 15 is 0 Å². The molecule has 4 aromatic rings. The second kappa shape index (κ2) is 10.7. The number of rotatable bonds is 8. The highest BCUT2D eigenvalue weighted by atomic mass is 16.7. The van der Waals surface area contributed by atoms with E-state index in [-0.39, 0.29) is 6.79 Å². The first kappa shape index (κ1) is 23.7. The minimum Gasteiger partial charge on any atom is -0.497 e. The molecule has 1 aliphatic heterocycles. The lowest BCUT2D eigenvalue weighted by Gasteiger charge is -2.06. The molecule has 0 saturated heterocycles. The predicted molar refractivity (Wildman–Crippen MR) is 137 cm³/mol. The first-order valence-corrected chi connectivity index (χ1v) is 11.4. The number of ether oxygens (including phenoxy) is 4. The van der Waals surface area contributed by atoms with E-state index in [1.165, 1.54) is 6.08 Å². The third-order valence-corrected chi connectivity index (χ3v) is 5.53. The first-order chi connectivity index (χ1) is 18.1. The van der Waals surface area contributed by atoms with Crippen LogP contribution in [0.15, 0.2) is 85.1 Å². The van der Waals surface area contributed by atoms with Gasteiger partial charge in [-0.15, -0.1) is 0 Å². The Balaban J connectivity index is 1.27. The molecule has 1 aliphatic rings. The van der Waals surface area contributed by atoms with E-state index in [0.717, 1.165) is 17.0 Å². The highest BCUT2D eigenvalue weighted by Gasteiger charge is 2.15. The van der Waals surface area contributed by atoms with E-state index in [1.54, 1.807) is 36.1 Å². The van der Waals surface area contributed by atoms with Crippen molar-refractivity contribution in [2.75, 3.05) is 25.8 Å². The molecule has 5 rings (SSSR count). The maximum absolute atomic E-state index is 12.4. The molecule has 9 heteroatoms. The molecule has 0 fully saturated rings. The Bertz CT molecular complexity index is 1440. The highest BCUT2D eigenvalue weighted by Crippen LogP contribution is 2.34. The quantitative estimate of drug-likeness (QED) is 0.283. The van der Waals surface area contributed by atoms with Crippen molar-refractivity contribution in [2.45, 2.75) is 0 Å².